The second kappa shape index (κ2) is 13.1. The summed E-state index contributed by atoms with van der Waals surface area (Å²) in [5.74, 6) is 0.748. The molecule has 4 N–H and O–H groups in total. The number of benzene rings is 2. The van der Waals surface area contributed by atoms with Gasteiger partial charge in [0.1, 0.15) is 5.75 Å². The molecule has 1 amide bonds. The zero-order chi connectivity index (χ0) is 22.1. The zero-order valence-corrected chi connectivity index (χ0v) is 21.1. The number of phenols is 1. The topological polar surface area (TPSA) is 89.0 Å². The van der Waals surface area contributed by atoms with Gasteiger partial charge in [-0.25, -0.2) is 0 Å². The summed E-state index contributed by atoms with van der Waals surface area (Å²) in [5.41, 5.74) is 3.05. The SMILES string of the molecule is CCNC(=NCCNC(=O)c1ccc(O)cc1)NC1CCCN(c2ccc(C)cc2)C1.I. The highest BCUT2D eigenvalue weighted by Gasteiger charge is 2.21. The average molecular weight is 551 g/mol. The van der Waals surface area contributed by atoms with E-state index in [0.29, 0.717) is 24.7 Å². The number of hydrogen-bond donors (Lipinski definition) is 4. The molecule has 1 saturated heterocycles. The van der Waals surface area contributed by atoms with Crippen LogP contribution in [0.25, 0.3) is 0 Å². The van der Waals surface area contributed by atoms with E-state index in [0.717, 1.165) is 38.4 Å². The fourth-order valence-corrected chi connectivity index (χ4v) is 3.65. The fraction of sp³-hybridized carbons (Fsp3) is 0.417. The molecule has 0 bridgehead atoms. The van der Waals surface area contributed by atoms with Crippen LogP contribution in [0.5, 0.6) is 5.75 Å². The van der Waals surface area contributed by atoms with Crippen LogP contribution in [0, 0.1) is 6.92 Å². The largest absolute Gasteiger partial charge is 0.508 e. The highest BCUT2D eigenvalue weighted by Crippen LogP contribution is 2.20. The third kappa shape index (κ3) is 7.89. The number of nitrogens with one attached hydrogen (secondary N) is 3. The number of amides is 1. The van der Waals surface area contributed by atoms with E-state index in [1.165, 1.54) is 23.4 Å². The maximum Gasteiger partial charge on any atom is 0.251 e. The standard InChI is InChI=1S/C24H33N5O2.HI/c1-3-25-24(27-15-14-26-23(31)19-8-12-22(30)13-9-19)28-20-5-4-16-29(17-20)21-10-6-18(2)7-11-21;/h6-13,20,30H,3-5,14-17H2,1-2H3,(H,26,31)(H2,25,27,28);1H. The number of piperidine rings is 1. The molecule has 3 rings (SSSR count). The van der Waals surface area contributed by atoms with Crippen molar-refractivity contribution in [2.45, 2.75) is 32.7 Å². The number of nitrogens with zero attached hydrogens (tertiary/aromatic N) is 2. The molecule has 2 aromatic carbocycles. The molecule has 0 aromatic heterocycles. The van der Waals surface area contributed by atoms with Gasteiger partial charge in [-0.3, -0.25) is 9.79 Å². The number of carbonyl (C=O) groups is 1. The number of halogens is 1. The molecular formula is C24H34IN5O2. The molecule has 1 heterocycles. The molecule has 0 saturated carbocycles. The van der Waals surface area contributed by atoms with Crippen molar-refractivity contribution in [2.24, 2.45) is 4.99 Å². The molecule has 1 unspecified atom stereocenters. The van der Waals surface area contributed by atoms with Crippen LogP contribution >= 0.6 is 24.0 Å². The van der Waals surface area contributed by atoms with Crippen molar-refractivity contribution < 1.29 is 9.90 Å². The monoisotopic (exact) mass is 551 g/mol. The molecule has 7 nitrogen and oxygen atoms in total. The van der Waals surface area contributed by atoms with E-state index < -0.39 is 0 Å². The van der Waals surface area contributed by atoms with Gasteiger partial charge in [0.15, 0.2) is 5.96 Å². The summed E-state index contributed by atoms with van der Waals surface area (Å²) < 4.78 is 0. The first-order valence-electron chi connectivity index (χ1n) is 11.0. The molecule has 2 aromatic rings. The molecule has 0 aliphatic carbocycles. The Balaban J connectivity index is 0.00000363. The molecular weight excluding hydrogens is 517 g/mol. The number of aryl methyl sites for hydroxylation is 1. The second-order valence-corrected chi connectivity index (χ2v) is 7.83. The quantitative estimate of drug-likeness (QED) is 0.184. The Morgan fingerprint density at radius 1 is 1.12 bits per heavy atom. The molecule has 0 spiro atoms. The lowest BCUT2D eigenvalue weighted by molar-refractivity contribution is 0.0955. The Bertz CT molecular complexity index is 871. The van der Waals surface area contributed by atoms with E-state index in [9.17, 15) is 9.90 Å². The van der Waals surface area contributed by atoms with Crippen LogP contribution in [-0.2, 0) is 0 Å². The third-order valence-corrected chi connectivity index (χ3v) is 5.30. The summed E-state index contributed by atoms with van der Waals surface area (Å²) in [6.07, 6.45) is 2.23. The molecule has 0 radical (unpaired) electrons. The van der Waals surface area contributed by atoms with Crippen LogP contribution in [-0.4, -0.2) is 55.7 Å². The lowest BCUT2D eigenvalue weighted by atomic mass is 10.0. The lowest BCUT2D eigenvalue weighted by Crippen LogP contribution is -2.51. The highest BCUT2D eigenvalue weighted by molar-refractivity contribution is 14.0. The predicted molar refractivity (Wildman–Crippen MR) is 141 cm³/mol. The smallest absolute Gasteiger partial charge is 0.251 e. The highest BCUT2D eigenvalue weighted by atomic mass is 127. The number of aromatic hydroxyl groups is 1. The van der Waals surface area contributed by atoms with Crippen molar-refractivity contribution in [1.82, 2.24) is 16.0 Å². The van der Waals surface area contributed by atoms with E-state index in [2.05, 4.69) is 57.0 Å². The van der Waals surface area contributed by atoms with Crippen LogP contribution in [0.2, 0.25) is 0 Å². The fourth-order valence-electron chi connectivity index (χ4n) is 3.65. The summed E-state index contributed by atoms with van der Waals surface area (Å²) in [6.45, 7) is 7.85. The number of aliphatic imine (C=N–C) groups is 1. The maximum absolute atomic E-state index is 12.2. The van der Waals surface area contributed by atoms with Crippen molar-refractivity contribution in [3.8, 4) is 5.75 Å². The molecule has 174 valence electrons. The normalized spacial score (nSPS) is 16.1. The number of rotatable bonds is 7. The van der Waals surface area contributed by atoms with Gasteiger partial charge in [0.25, 0.3) is 5.91 Å². The Morgan fingerprint density at radius 2 is 1.84 bits per heavy atom. The number of anilines is 1. The molecule has 1 aliphatic heterocycles. The predicted octanol–water partition coefficient (Wildman–Crippen LogP) is 3.27. The van der Waals surface area contributed by atoms with Gasteiger partial charge in [-0.1, -0.05) is 17.7 Å². The summed E-state index contributed by atoms with van der Waals surface area (Å²) in [5, 5.41) is 19.0. The summed E-state index contributed by atoms with van der Waals surface area (Å²) >= 11 is 0. The van der Waals surface area contributed by atoms with Crippen molar-refractivity contribution >= 4 is 41.5 Å². The van der Waals surface area contributed by atoms with Crippen LogP contribution < -0.4 is 20.9 Å². The number of hydrogen-bond acceptors (Lipinski definition) is 4. The van der Waals surface area contributed by atoms with Gasteiger partial charge in [-0.2, -0.15) is 0 Å². The molecule has 1 aliphatic rings. The molecule has 8 heteroatoms. The minimum atomic E-state index is -0.172. The summed E-state index contributed by atoms with van der Waals surface area (Å²) in [4.78, 5) is 19.2. The van der Waals surface area contributed by atoms with Gasteiger partial charge in [0.2, 0.25) is 0 Å². The van der Waals surface area contributed by atoms with Crippen LogP contribution in [0.15, 0.2) is 53.5 Å². The first-order chi connectivity index (χ1) is 15.0. The molecule has 1 atom stereocenters. The van der Waals surface area contributed by atoms with E-state index in [1.54, 1.807) is 12.1 Å². The van der Waals surface area contributed by atoms with Crippen molar-refractivity contribution in [1.29, 1.82) is 0 Å². The summed E-state index contributed by atoms with van der Waals surface area (Å²) in [7, 11) is 0. The maximum atomic E-state index is 12.2. The van der Waals surface area contributed by atoms with E-state index in [4.69, 9.17) is 0 Å². The van der Waals surface area contributed by atoms with Gasteiger partial charge >= 0.3 is 0 Å². The van der Waals surface area contributed by atoms with Crippen molar-refractivity contribution in [3.05, 3.63) is 59.7 Å². The Hall–Kier alpha value is -2.49. The van der Waals surface area contributed by atoms with Gasteiger partial charge in [-0.05, 0) is 63.1 Å². The number of phenolic OH excluding ortho intramolecular Hbond substituents is 1. The molecule has 1 fully saturated rings. The Morgan fingerprint density at radius 3 is 2.53 bits per heavy atom. The first-order valence-corrected chi connectivity index (χ1v) is 11.0. The van der Waals surface area contributed by atoms with Crippen molar-refractivity contribution in [3.63, 3.8) is 0 Å². The van der Waals surface area contributed by atoms with E-state index in [-0.39, 0.29) is 35.6 Å². The van der Waals surface area contributed by atoms with Gasteiger partial charge < -0.3 is 26.0 Å². The lowest BCUT2D eigenvalue weighted by Gasteiger charge is -2.35. The zero-order valence-electron chi connectivity index (χ0n) is 18.8. The first kappa shape index (κ1) is 25.8. The van der Waals surface area contributed by atoms with E-state index >= 15 is 0 Å². The third-order valence-electron chi connectivity index (χ3n) is 5.30. The van der Waals surface area contributed by atoms with Crippen LogP contribution in [0.3, 0.4) is 0 Å². The average Bonchev–Trinajstić information content (AvgIpc) is 2.78. The number of carbonyl (C=O) groups excluding carboxylic acids is 1. The minimum Gasteiger partial charge on any atom is -0.508 e. The second-order valence-electron chi connectivity index (χ2n) is 7.83. The van der Waals surface area contributed by atoms with Crippen LogP contribution in [0.4, 0.5) is 5.69 Å². The van der Waals surface area contributed by atoms with Crippen molar-refractivity contribution in [2.75, 3.05) is 37.6 Å². The molecule has 32 heavy (non-hydrogen) atoms. The van der Waals surface area contributed by atoms with Gasteiger partial charge in [0, 0.05) is 43.5 Å². The van der Waals surface area contributed by atoms with Gasteiger partial charge in [-0.15, -0.1) is 24.0 Å². The van der Waals surface area contributed by atoms with E-state index in [1.807, 2.05) is 6.92 Å². The Labute approximate surface area is 207 Å². The number of guanidine groups is 1. The van der Waals surface area contributed by atoms with Crippen LogP contribution in [0.1, 0.15) is 35.7 Å². The Kier molecular flexibility index (Phi) is 10.6. The summed E-state index contributed by atoms with van der Waals surface area (Å²) in [6, 6.07) is 15.2. The van der Waals surface area contributed by atoms with Gasteiger partial charge in [0.05, 0.1) is 6.54 Å². The minimum absolute atomic E-state index is 0.